The van der Waals surface area contributed by atoms with Gasteiger partial charge < -0.3 is 4.90 Å². The fourth-order valence-corrected chi connectivity index (χ4v) is 0.875. The van der Waals surface area contributed by atoms with Crippen molar-refractivity contribution < 1.29 is 0 Å². The number of rotatable bonds is 4. The molecule has 0 aromatic heterocycles. The Balaban J connectivity index is -0.0000000708. The summed E-state index contributed by atoms with van der Waals surface area (Å²) in [5.74, 6) is 0. The molecular formula is C13H33N. The van der Waals surface area contributed by atoms with Gasteiger partial charge in [0.2, 0.25) is 0 Å². The van der Waals surface area contributed by atoms with E-state index in [1.54, 1.807) is 0 Å². The van der Waals surface area contributed by atoms with Crippen molar-refractivity contribution in [3.8, 4) is 0 Å². The van der Waals surface area contributed by atoms with Crippen molar-refractivity contribution in [3.63, 3.8) is 0 Å². The lowest BCUT2D eigenvalue weighted by molar-refractivity contribution is 0.335. The monoisotopic (exact) mass is 203 g/mol. The first-order valence-electron chi connectivity index (χ1n) is 5.99. The molecule has 90 valence electrons. The van der Waals surface area contributed by atoms with Gasteiger partial charge in [-0.3, -0.25) is 0 Å². The Morgan fingerprint density at radius 1 is 0.786 bits per heavy atom. The summed E-state index contributed by atoms with van der Waals surface area (Å²) >= 11 is 0. The van der Waals surface area contributed by atoms with E-state index in [1.807, 2.05) is 27.7 Å². The zero-order valence-corrected chi connectivity index (χ0v) is 11.7. The third-order valence-corrected chi connectivity index (χ3v) is 1.21. The van der Waals surface area contributed by atoms with Crippen LogP contribution in [0.15, 0.2) is 13.2 Å². The average Bonchev–Trinajstić information content (AvgIpc) is 2.27. The summed E-state index contributed by atoms with van der Waals surface area (Å²) < 4.78 is 0. The SMILES string of the molecule is C=C.CC.CC.CCCN(C)CCC. The lowest BCUT2D eigenvalue weighted by Gasteiger charge is -2.12. The van der Waals surface area contributed by atoms with Crippen LogP contribution < -0.4 is 0 Å². The molecule has 0 saturated carbocycles. The molecule has 0 radical (unpaired) electrons. The molecule has 0 atom stereocenters. The van der Waals surface area contributed by atoms with Crippen LogP contribution in [0.2, 0.25) is 0 Å². The minimum Gasteiger partial charge on any atom is -0.306 e. The van der Waals surface area contributed by atoms with Gasteiger partial charge in [0.15, 0.2) is 0 Å². The lowest BCUT2D eigenvalue weighted by atomic mass is 10.4. The van der Waals surface area contributed by atoms with Crippen molar-refractivity contribution in [2.45, 2.75) is 54.4 Å². The van der Waals surface area contributed by atoms with Crippen LogP contribution in [0, 0.1) is 0 Å². The third kappa shape index (κ3) is 41.2. The molecule has 0 aliphatic carbocycles. The van der Waals surface area contributed by atoms with Gasteiger partial charge in [0.1, 0.15) is 0 Å². The zero-order valence-electron chi connectivity index (χ0n) is 11.7. The van der Waals surface area contributed by atoms with Crippen molar-refractivity contribution >= 4 is 0 Å². The van der Waals surface area contributed by atoms with Crippen LogP contribution in [-0.2, 0) is 0 Å². The zero-order chi connectivity index (χ0) is 12.4. The molecule has 0 aromatic carbocycles. The molecule has 1 heteroatoms. The molecule has 1 nitrogen and oxygen atoms in total. The van der Waals surface area contributed by atoms with Crippen molar-refractivity contribution in [2.75, 3.05) is 20.1 Å². The van der Waals surface area contributed by atoms with Crippen molar-refractivity contribution in [1.29, 1.82) is 0 Å². The second kappa shape index (κ2) is 38.7. The quantitative estimate of drug-likeness (QED) is 0.604. The summed E-state index contributed by atoms with van der Waals surface area (Å²) in [4.78, 5) is 2.36. The fourth-order valence-electron chi connectivity index (χ4n) is 0.875. The van der Waals surface area contributed by atoms with Crippen LogP contribution in [0.3, 0.4) is 0 Å². The number of hydrogen-bond acceptors (Lipinski definition) is 1. The summed E-state index contributed by atoms with van der Waals surface area (Å²) in [5.41, 5.74) is 0. The van der Waals surface area contributed by atoms with Crippen LogP contribution in [0.25, 0.3) is 0 Å². The van der Waals surface area contributed by atoms with Crippen molar-refractivity contribution in [3.05, 3.63) is 13.2 Å². The highest BCUT2D eigenvalue weighted by atomic mass is 15.1. The van der Waals surface area contributed by atoms with E-state index in [2.05, 4.69) is 39.0 Å². The number of nitrogens with zero attached hydrogens (tertiary/aromatic N) is 1. The van der Waals surface area contributed by atoms with Crippen LogP contribution in [0.4, 0.5) is 0 Å². The molecule has 0 fully saturated rings. The largest absolute Gasteiger partial charge is 0.306 e. The Morgan fingerprint density at radius 2 is 1.00 bits per heavy atom. The highest BCUT2D eigenvalue weighted by molar-refractivity contribution is 4.45. The van der Waals surface area contributed by atoms with Crippen LogP contribution >= 0.6 is 0 Å². The van der Waals surface area contributed by atoms with E-state index in [-0.39, 0.29) is 0 Å². The van der Waals surface area contributed by atoms with Crippen LogP contribution in [-0.4, -0.2) is 25.0 Å². The van der Waals surface area contributed by atoms with Gasteiger partial charge in [0, 0.05) is 0 Å². The Bertz CT molecular complexity index is 47.2. The summed E-state index contributed by atoms with van der Waals surface area (Å²) in [5, 5.41) is 0. The van der Waals surface area contributed by atoms with Crippen molar-refractivity contribution in [2.24, 2.45) is 0 Å². The second-order valence-corrected chi connectivity index (χ2v) is 2.30. The molecule has 0 rings (SSSR count). The van der Waals surface area contributed by atoms with E-state index in [0.29, 0.717) is 0 Å². The van der Waals surface area contributed by atoms with Crippen molar-refractivity contribution in [1.82, 2.24) is 4.90 Å². The van der Waals surface area contributed by atoms with Gasteiger partial charge in [-0.1, -0.05) is 41.5 Å². The molecule has 0 amide bonds. The van der Waals surface area contributed by atoms with Crippen LogP contribution in [0.5, 0.6) is 0 Å². The minimum absolute atomic E-state index is 1.24. The molecule has 0 heterocycles. The average molecular weight is 203 g/mol. The highest BCUT2D eigenvalue weighted by Crippen LogP contribution is 1.86. The van der Waals surface area contributed by atoms with Crippen LogP contribution in [0.1, 0.15) is 54.4 Å². The lowest BCUT2D eigenvalue weighted by Crippen LogP contribution is -2.19. The third-order valence-electron chi connectivity index (χ3n) is 1.21. The Labute approximate surface area is 93.2 Å². The second-order valence-electron chi connectivity index (χ2n) is 2.30. The summed E-state index contributed by atoms with van der Waals surface area (Å²) in [7, 11) is 2.17. The molecule has 0 aromatic rings. The number of hydrogen-bond donors (Lipinski definition) is 0. The van der Waals surface area contributed by atoms with E-state index >= 15 is 0 Å². The molecule has 0 aliphatic rings. The van der Waals surface area contributed by atoms with Gasteiger partial charge in [-0.2, -0.15) is 0 Å². The van der Waals surface area contributed by atoms with E-state index in [0.717, 1.165) is 0 Å². The molecule has 0 bridgehead atoms. The summed E-state index contributed by atoms with van der Waals surface area (Å²) in [6, 6.07) is 0. The molecule has 0 unspecified atom stereocenters. The minimum atomic E-state index is 1.24. The first-order valence-corrected chi connectivity index (χ1v) is 5.99. The topological polar surface area (TPSA) is 3.24 Å². The molecule has 0 saturated heterocycles. The molecule has 0 aliphatic heterocycles. The normalized spacial score (nSPS) is 7.14. The summed E-state index contributed by atoms with van der Waals surface area (Å²) in [6.45, 7) is 20.9. The maximum atomic E-state index is 3.00. The van der Waals surface area contributed by atoms with Gasteiger partial charge >= 0.3 is 0 Å². The van der Waals surface area contributed by atoms with Gasteiger partial charge in [-0.25, -0.2) is 0 Å². The van der Waals surface area contributed by atoms with Gasteiger partial charge in [-0.15, -0.1) is 13.2 Å². The first-order chi connectivity index (χ1) is 6.81. The maximum absolute atomic E-state index is 3.00. The van der Waals surface area contributed by atoms with E-state index in [9.17, 15) is 0 Å². The molecule has 14 heavy (non-hydrogen) atoms. The molecular weight excluding hydrogens is 170 g/mol. The maximum Gasteiger partial charge on any atom is -0.00244 e. The van der Waals surface area contributed by atoms with Gasteiger partial charge in [0.05, 0.1) is 0 Å². The standard InChI is InChI=1S/C7H17N.2C2H6.C2H4/c1-4-6-8(3)7-5-2;3*1-2/h4-7H2,1-3H3;2*1-2H3;1-2H2. The van der Waals surface area contributed by atoms with E-state index < -0.39 is 0 Å². The smallest absolute Gasteiger partial charge is 0.00244 e. The van der Waals surface area contributed by atoms with Gasteiger partial charge in [-0.05, 0) is 33.0 Å². The molecule has 0 N–H and O–H groups in total. The fraction of sp³-hybridized carbons (Fsp3) is 0.846. The first kappa shape index (κ1) is 23.5. The highest BCUT2D eigenvalue weighted by Gasteiger charge is 1.90. The Hall–Kier alpha value is -0.300. The predicted octanol–water partition coefficient (Wildman–Crippen LogP) is 4.59. The van der Waals surface area contributed by atoms with Gasteiger partial charge in [0.25, 0.3) is 0 Å². The predicted molar refractivity (Wildman–Crippen MR) is 72.0 cm³/mol. The molecule has 0 spiro atoms. The van der Waals surface area contributed by atoms with E-state index in [4.69, 9.17) is 0 Å². The Morgan fingerprint density at radius 3 is 1.14 bits per heavy atom. The summed E-state index contributed by atoms with van der Waals surface area (Å²) in [6.07, 6.45) is 2.55. The Kier molecular flexibility index (Phi) is 65.0. The van der Waals surface area contributed by atoms with E-state index in [1.165, 1.54) is 25.9 Å².